The van der Waals surface area contributed by atoms with Crippen LogP contribution in [0.5, 0.6) is 5.75 Å². The van der Waals surface area contributed by atoms with Gasteiger partial charge in [0.05, 0.1) is 0 Å². The van der Waals surface area contributed by atoms with Crippen molar-refractivity contribution in [3.63, 3.8) is 0 Å². The first-order chi connectivity index (χ1) is 11.3. The van der Waals surface area contributed by atoms with Crippen LogP contribution in [0.3, 0.4) is 0 Å². The Hall–Kier alpha value is -0.120. The number of aromatic hydroxyl groups is 1. The maximum atomic E-state index is 10.4. The Labute approximate surface area is 184 Å². The average molecular weight is 486 g/mol. The molecule has 0 amide bonds. The molecule has 3 atom stereocenters. The quantitative estimate of drug-likeness (QED) is 0.519. The molecule has 1 aromatic rings. The van der Waals surface area contributed by atoms with E-state index in [9.17, 15) is 4.80 Å². The van der Waals surface area contributed by atoms with Crippen molar-refractivity contribution in [2.75, 3.05) is 0 Å². The summed E-state index contributed by atoms with van der Waals surface area (Å²) in [6.07, 6.45) is 2.30. The van der Waals surface area contributed by atoms with Crippen LogP contribution in [0, 0.1) is 0 Å². The molecule has 1 aromatic carbocycles. The molecule has 6 N–H and O–H groups in total. The number of phenolic OH excluding ortho intramolecular Hbond substituents is 1. The minimum atomic E-state index is -3.50. The zero-order valence-electron chi connectivity index (χ0n) is 17.4. The molecule has 7 nitrogen and oxygen atoms in total. The monoisotopic (exact) mass is 484 g/mol. The summed E-state index contributed by atoms with van der Waals surface area (Å²) in [5.41, 5.74) is 0. The fourth-order valence-corrected chi connectivity index (χ4v) is 3.72. The molecule has 0 aliphatic heterocycles. The van der Waals surface area contributed by atoms with Crippen molar-refractivity contribution in [1.29, 1.82) is 0 Å². The fraction of sp³-hybridized carbons (Fsp3) is 0.667. The number of rotatable bonds is 9. The predicted octanol–water partition coefficient (Wildman–Crippen LogP) is 2.60. The van der Waals surface area contributed by atoms with E-state index in [2.05, 4.69) is 0 Å². The number of para-hydroxylation sites is 1. The third-order valence-corrected chi connectivity index (χ3v) is 5.63. The van der Waals surface area contributed by atoms with Gasteiger partial charge in [-0.2, -0.15) is 0 Å². The Balaban J connectivity index is -0.000000224. The van der Waals surface area contributed by atoms with E-state index in [4.69, 9.17) is 18.4 Å². The van der Waals surface area contributed by atoms with E-state index in [0.29, 0.717) is 5.75 Å². The van der Waals surface area contributed by atoms with E-state index in [1.54, 1.807) is 24.3 Å². The molecule has 27 heavy (non-hydrogen) atoms. The Bertz CT molecular complexity index is 394. The summed E-state index contributed by atoms with van der Waals surface area (Å²) in [5.74, 6) is 0.322. The molecule has 1 rings (SSSR count). The molecule has 0 radical (unpaired) electrons. The molecule has 0 fully saturated rings. The van der Waals surface area contributed by atoms with Crippen LogP contribution < -0.4 is 0 Å². The molecular weight excluding hydrogens is 448 g/mol. The second-order valence-electron chi connectivity index (χ2n) is 5.87. The van der Waals surface area contributed by atoms with Crippen LogP contribution in [0.15, 0.2) is 30.3 Å². The Kier molecular flexibility index (Phi) is 24.5. The summed E-state index contributed by atoms with van der Waals surface area (Å²) in [4.78, 5) is 10.4. The molecule has 0 spiro atoms. The zero-order chi connectivity index (χ0) is 18.6. The molecule has 0 aliphatic rings. The minimum Gasteiger partial charge on any atom is -0.508 e. The average Bonchev–Trinajstić information content (AvgIpc) is 2.55. The van der Waals surface area contributed by atoms with Gasteiger partial charge in [0.1, 0.15) is 5.75 Å². The normalized spacial score (nSPS) is 15.2. The van der Waals surface area contributed by atoms with Crippen molar-refractivity contribution in [3.8, 4) is 5.75 Å². The molecule has 0 aromatic heterocycles. The van der Waals surface area contributed by atoms with Gasteiger partial charge in [-0.3, -0.25) is 0 Å². The van der Waals surface area contributed by atoms with E-state index in [1.165, 1.54) is 0 Å². The van der Waals surface area contributed by atoms with Gasteiger partial charge >= 0.3 is 9.05 Å². The SMILES string of the molecule is CCC(C)O[Si](O)(OC(C)CC)OC(C)CC.O.O.Oc1ccccc1.[Zr]. The van der Waals surface area contributed by atoms with Crippen LogP contribution in [-0.4, -0.2) is 48.2 Å². The van der Waals surface area contributed by atoms with Crippen molar-refractivity contribution >= 4 is 9.05 Å². The molecule has 0 heterocycles. The van der Waals surface area contributed by atoms with Crippen LogP contribution >= 0.6 is 0 Å². The Morgan fingerprint density at radius 1 is 0.778 bits per heavy atom. The van der Waals surface area contributed by atoms with E-state index in [0.717, 1.165) is 19.3 Å². The summed E-state index contributed by atoms with van der Waals surface area (Å²) in [6, 6.07) is 8.71. The smallest absolute Gasteiger partial charge is 0.508 e. The minimum absolute atomic E-state index is 0. The van der Waals surface area contributed by atoms with Crippen LogP contribution in [-0.2, 0) is 39.5 Å². The number of phenols is 1. The Morgan fingerprint density at radius 3 is 1.26 bits per heavy atom. The first-order valence-electron chi connectivity index (χ1n) is 8.76. The van der Waals surface area contributed by atoms with Gasteiger partial charge in [0, 0.05) is 44.5 Å². The Morgan fingerprint density at radius 2 is 1.07 bits per heavy atom. The van der Waals surface area contributed by atoms with E-state index in [-0.39, 0.29) is 55.5 Å². The molecule has 3 unspecified atom stereocenters. The number of hydrogen-bond donors (Lipinski definition) is 2. The van der Waals surface area contributed by atoms with Gasteiger partial charge in [0.25, 0.3) is 0 Å². The molecule has 160 valence electrons. The largest absolute Gasteiger partial charge is 0.677 e. The first kappa shape index (κ1) is 34.4. The van der Waals surface area contributed by atoms with Gasteiger partial charge in [0.15, 0.2) is 0 Å². The summed E-state index contributed by atoms with van der Waals surface area (Å²) >= 11 is 0. The van der Waals surface area contributed by atoms with Gasteiger partial charge in [-0.15, -0.1) is 0 Å². The van der Waals surface area contributed by atoms with Gasteiger partial charge in [-0.25, -0.2) is 0 Å². The van der Waals surface area contributed by atoms with Crippen LogP contribution in [0.25, 0.3) is 0 Å². The van der Waals surface area contributed by atoms with Crippen molar-refractivity contribution in [2.24, 2.45) is 0 Å². The van der Waals surface area contributed by atoms with Gasteiger partial charge in [0.2, 0.25) is 0 Å². The summed E-state index contributed by atoms with van der Waals surface area (Å²) < 4.78 is 16.7. The number of hydrogen-bond acceptors (Lipinski definition) is 5. The molecule has 0 saturated heterocycles. The van der Waals surface area contributed by atoms with Gasteiger partial charge in [-0.05, 0) is 52.2 Å². The standard InChI is InChI=1S/C12H28O4Si.C6H6O.2H2O.Zr/c1-7-10(4)14-17(13,15-11(5)8-2)16-12(6)9-3;7-6-4-2-1-3-5-6;;;/h10-13H,7-9H2,1-6H3;1-5,7H;2*1H2;. The van der Waals surface area contributed by atoms with E-state index < -0.39 is 9.05 Å². The maximum Gasteiger partial charge on any atom is 0.677 e. The van der Waals surface area contributed by atoms with Crippen LogP contribution in [0.1, 0.15) is 60.8 Å². The fourth-order valence-electron chi connectivity index (χ4n) is 1.52. The van der Waals surface area contributed by atoms with Gasteiger partial charge in [-0.1, -0.05) is 39.0 Å². The third-order valence-electron chi connectivity index (χ3n) is 3.53. The second kappa shape index (κ2) is 19.2. The van der Waals surface area contributed by atoms with E-state index in [1.807, 2.05) is 47.6 Å². The van der Waals surface area contributed by atoms with Crippen molar-refractivity contribution in [2.45, 2.75) is 79.1 Å². The summed E-state index contributed by atoms with van der Waals surface area (Å²) in [7, 11) is -3.50. The molecule has 0 aliphatic carbocycles. The summed E-state index contributed by atoms with van der Waals surface area (Å²) in [6.45, 7) is 11.8. The summed E-state index contributed by atoms with van der Waals surface area (Å²) in [5, 5.41) is 8.63. The van der Waals surface area contributed by atoms with E-state index >= 15 is 0 Å². The molecule has 0 saturated carbocycles. The molecule has 9 heteroatoms. The maximum absolute atomic E-state index is 10.4. The second-order valence-corrected chi connectivity index (χ2v) is 7.62. The van der Waals surface area contributed by atoms with Crippen molar-refractivity contribution in [1.82, 2.24) is 0 Å². The third kappa shape index (κ3) is 17.7. The van der Waals surface area contributed by atoms with Crippen molar-refractivity contribution < 1.29 is 60.3 Å². The van der Waals surface area contributed by atoms with Gasteiger partial charge < -0.3 is 34.1 Å². The predicted molar refractivity (Wildman–Crippen MR) is 106 cm³/mol. The topological polar surface area (TPSA) is 131 Å². The van der Waals surface area contributed by atoms with Crippen LogP contribution in [0.2, 0.25) is 0 Å². The first-order valence-corrected chi connectivity index (χ1v) is 10.4. The van der Waals surface area contributed by atoms with Crippen molar-refractivity contribution in [3.05, 3.63) is 30.3 Å². The number of benzene rings is 1. The zero-order valence-corrected chi connectivity index (χ0v) is 20.8. The molecule has 0 bridgehead atoms. The molecular formula is C18H38O7SiZr. The van der Waals surface area contributed by atoms with Crippen LogP contribution in [0.4, 0.5) is 0 Å².